The lowest BCUT2D eigenvalue weighted by molar-refractivity contribution is 0.186. The Kier molecular flexibility index (Phi) is 3.73. The summed E-state index contributed by atoms with van der Waals surface area (Å²) in [5, 5.41) is 12.2. The molecule has 2 rings (SSSR count). The number of aromatic nitrogens is 1. The maximum atomic E-state index is 8.90. The largest absolute Gasteiger partial charge is 0.487 e. The first-order chi connectivity index (χ1) is 7.90. The third kappa shape index (κ3) is 2.71. The highest BCUT2D eigenvalue weighted by Crippen LogP contribution is 2.19. The van der Waals surface area contributed by atoms with Gasteiger partial charge in [0.2, 0.25) is 0 Å². The van der Waals surface area contributed by atoms with E-state index in [1.54, 1.807) is 12.3 Å². The van der Waals surface area contributed by atoms with Gasteiger partial charge in [0.15, 0.2) is 11.4 Å². The monoisotopic (exact) mass is 217 g/mol. The van der Waals surface area contributed by atoms with Gasteiger partial charge in [0.05, 0.1) is 0 Å². The predicted octanol–water partition coefficient (Wildman–Crippen LogP) is 1.47. The summed E-state index contributed by atoms with van der Waals surface area (Å²) in [7, 11) is 0. The van der Waals surface area contributed by atoms with Gasteiger partial charge in [-0.3, -0.25) is 0 Å². The van der Waals surface area contributed by atoms with Gasteiger partial charge in [0.1, 0.15) is 12.2 Å². The highest BCUT2D eigenvalue weighted by Gasteiger charge is 2.15. The Morgan fingerprint density at radius 2 is 2.38 bits per heavy atom. The third-order valence-electron chi connectivity index (χ3n) is 2.69. The van der Waals surface area contributed by atoms with Crippen LogP contribution in [0.25, 0.3) is 0 Å². The third-order valence-corrected chi connectivity index (χ3v) is 2.69. The van der Waals surface area contributed by atoms with E-state index in [0.29, 0.717) is 11.4 Å². The molecule has 2 heterocycles. The summed E-state index contributed by atoms with van der Waals surface area (Å²) in [4.78, 5) is 3.98. The number of rotatable bonds is 2. The van der Waals surface area contributed by atoms with Gasteiger partial charge in [-0.25, -0.2) is 4.98 Å². The summed E-state index contributed by atoms with van der Waals surface area (Å²) < 4.78 is 5.83. The Morgan fingerprint density at radius 3 is 3.25 bits per heavy atom. The van der Waals surface area contributed by atoms with Crippen LogP contribution in [0.5, 0.6) is 5.75 Å². The maximum Gasteiger partial charge on any atom is 0.182 e. The Balaban J connectivity index is 2.05. The molecule has 1 N–H and O–H groups in total. The van der Waals surface area contributed by atoms with Crippen molar-refractivity contribution in [3.05, 3.63) is 24.0 Å². The SMILES string of the molecule is N#Cc1ncccc1OC1CCCNCC1. The van der Waals surface area contributed by atoms with Crippen molar-refractivity contribution in [2.75, 3.05) is 13.1 Å². The number of hydrogen-bond donors (Lipinski definition) is 1. The molecule has 0 amide bonds. The molecule has 0 aromatic carbocycles. The van der Waals surface area contributed by atoms with Crippen molar-refractivity contribution in [3.8, 4) is 11.8 Å². The van der Waals surface area contributed by atoms with Crippen molar-refractivity contribution in [2.45, 2.75) is 25.4 Å². The van der Waals surface area contributed by atoms with Gasteiger partial charge in [-0.15, -0.1) is 0 Å². The minimum Gasteiger partial charge on any atom is -0.487 e. The Hall–Kier alpha value is -1.60. The molecule has 4 nitrogen and oxygen atoms in total. The Morgan fingerprint density at radius 1 is 1.44 bits per heavy atom. The van der Waals surface area contributed by atoms with E-state index >= 15 is 0 Å². The van der Waals surface area contributed by atoms with E-state index in [1.807, 2.05) is 12.1 Å². The molecule has 16 heavy (non-hydrogen) atoms. The molecule has 1 aliphatic rings. The average molecular weight is 217 g/mol. The normalized spacial score (nSPS) is 20.8. The van der Waals surface area contributed by atoms with Crippen molar-refractivity contribution in [1.29, 1.82) is 5.26 Å². The smallest absolute Gasteiger partial charge is 0.182 e. The van der Waals surface area contributed by atoms with Crippen LogP contribution >= 0.6 is 0 Å². The van der Waals surface area contributed by atoms with E-state index in [1.165, 1.54) is 0 Å². The molecule has 0 bridgehead atoms. The molecule has 1 saturated heterocycles. The van der Waals surface area contributed by atoms with E-state index < -0.39 is 0 Å². The second kappa shape index (κ2) is 5.47. The van der Waals surface area contributed by atoms with Gasteiger partial charge < -0.3 is 10.1 Å². The zero-order valence-electron chi connectivity index (χ0n) is 9.15. The lowest BCUT2D eigenvalue weighted by Gasteiger charge is -2.16. The molecule has 0 radical (unpaired) electrons. The van der Waals surface area contributed by atoms with Crippen molar-refractivity contribution in [1.82, 2.24) is 10.3 Å². The van der Waals surface area contributed by atoms with E-state index in [9.17, 15) is 0 Å². The summed E-state index contributed by atoms with van der Waals surface area (Å²) in [6, 6.07) is 5.66. The maximum absolute atomic E-state index is 8.90. The van der Waals surface area contributed by atoms with Crippen LogP contribution in [0.2, 0.25) is 0 Å². The first kappa shape index (κ1) is 10.9. The highest BCUT2D eigenvalue weighted by atomic mass is 16.5. The fourth-order valence-corrected chi connectivity index (χ4v) is 1.85. The van der Waals surface area contributed by atoms with Crippen LogP contribution in [0, 0.1) is 11.3 Å². The predicted molar refractivity (Wildman–Crippen MR) is 60.1 cm³/mol. The molecule has 1 aliphatic heterocycles. The molecule has 1 fully saturated rings. The average Bonchev–Trinajstić information content (AvgIpc) is 2.58. The number of nitrogens with zero attached hydrogens (tertiary/aromatic N) is 2. The lowest BCUT2D eigenvalue weighted by atomic mass is 10.1. The number of hydrogen-bond acceptors (Lipinski definition) is 4. The van der Waals surface area contributed by atoms with Gasteiger partial charge in [-0.2, -0.15) is 5.26 Å². The van der Waals surface area contributed by atoms with E-state index in [4.69, 9.17) is 10.00 Å². The molecule has 1 unspecified atom stereocenters. The van der Waals surface area contributed by atoms with Crippen LogP contribution in [0.4, 0.5) is 0 Å². The fraction of sp³-hybridized carbons (Fsp3) is 0.500. The minimum absolute atomic E-state index is 0.200. The molecule has 1 aromatic rings. The number of pyridine rings is 1. The zero-order valence-corrected chi connectivity index (χ0v) is 9.15. The summed E-state index contributed by atoms with van der Waals surface area (Å²) >= 11 is 0. The van der Waals surface area contributed by atoms with Crippen LogP contribution in [0.3, 0.4) is 0 Å². The summed E-state index contributed by atoms with van der Waals surface area (Å²) in [5.74, 6) is 0.608. The van der Waals surface area contributed by atoms with E-state index in [0.717, 1.165) is 32.4 Å². The molecule has 0 aliphatic carbocycles. The highest BCUT2D eigenvalue weighted by molar-refractivity contribution is 5.36. The molecule has 84 valence electrons. The van der Waals surface area contributed by atoms with Gasteiger partial charge in [-0.1, -0.05) is 0 Å². The number of ether oxygens (including phenoxy) is 1. The second-order valence-corrected chi connectivity index (χ2v) is 3.88. The minimum atomic E-state index is 0.200. The zero-order chi connectivity index (χ0) is 11.2. The molecule has 0 saturated carbocycles. The molecule has 1 aromatic heterocycles. The van der Waals surface area contributed by atoms with Crippen molar-refractivity contribution >= 4 is 0 Å². The fourth-order valence-electron chi connectivity index (χ4n) is 1.85. The Labute approximate surface area is 95.3 Å². The first-order valence-corrected chi connectivity index (χ1v) is 5.62. The van der Waals surface area contributed by atoms with Gasteiger partial charge in [0, 0.05) is 6.20 Å². The van der Waals surface area contributed by atoms with Crippen LogP contribution in [-0.2, 0) is 0 Å². The van der Waals surface area contributed by atoms with Gasteiger partial charge >= 0.3 is 0 Å². The first-order valence-electron chi connectivity index (χ1n) is 5.62. The van der Waals surface area contributed by atoms with E-state index in [2.05, 4.69) is 10.3 Å². The summed E-state index contributed by atoms with van der Waals surface area (Å²) in [5.41, 5.74) is 0.375. The summed E-state index contributed by atoms with van der Waals surface area (Å²) in [6.07, 6.45) is 4.95. The van der Waals surface area contributed by atoms with Crippen molar-refractivity contribution in [2.24, 2.45) is 0 Å². The number of nitriles is 1. The van der Waals surface area contributed by atoms with Gasteiger partial charge in [0.25, 0.3) is 0 Å². The van der Waals surface area contributed by atoms with Crippen LogP contribution in [0.15, 0.2) is 18.3 Å². The molecule has 0 spiro atoms. The molecular weight excluding hydrogens is 202 g/mol. The Bertz CT molecular complexity index is 378. The molecular formula is C12H15N3O. The quantitative estimate of drug-likeness (QED) is 0.815. The standard InChI is InChI=1S/C12H15N3O/c13-9-11-12(4-2-7-15-11)16-10-3-1-6-14-8-5-10/h2,4,7,10,14H,1,3,5-6,8H2. The molecule has 4 heteroatoms. The summed E-state index contributed by atoms with van der Waals surface area (Å²) in [6.45, 7) is 2.03. The van der Waals surface area contributed by atoms with Crippen LogP contribution < -0.4 is 10.1 Å². The van der Waals surface area contributed by atoms with Crippen molar-refractivity contribution in [3.63, 3.8) is 0 Å². The topological polar surface area (TPSA) is 57.9 Å². The van der Waals surface area contributed by atoms with E-state index in [-0.39, 0.29) is 6.10 Å². The van der Waals surface area contributed by atoms with Crippen LogP contribution in [0.1, 0.15) is 25.0 Å². The second-order valence-electron chi connectivity index (χ2n) is 3.88. The van der Waals surface area contributed by atoms with Gasteiger partial charge in [-0.05, 0) is 44.5 Å². The van der Waals surface area contributed by atoms with Crippen LogP contribution in [-0.4, -0.2) is 24.2 Å². The van der Waals surface area contributed by atoms with Crippen molar-refractivity contribution < 1.29 is 4.74 Å². The lowest BCUT2D eigenvalue weighted by Crippen LogP contribution is -2.19. The number of nitrogens with one attached hydrogen (secondary N) is 1. The molecule has 1 atom stereocenters.